The zero-order chi connectivity index (χ0) is 9.40. The molecule has 0 amide bonds. The molecular weight excluding hydrogens is 160 g/mol. The van der Waals surface area contributed by atoms with Crippen molar-refractivity contribution in [3.8, 4) is 0 Å². The highest BCUT2D eigenvalue weighted by Gasteiger charge is 2.08. The summed E-state index contributed by atoms with van der Waals surface area (Å²) in [6.45, 7) is 0. The molecule has 5 nitrogen and oxygen atoms in total. The van der Waals surface area contributed by atoms with E-state index in [4.69, 9.17) is 20.1 Å². The van der Waals surface area contributed by atoms with Gasteiger partial charge in [-0.3, -0.25) is 4.98 Å². The van der Waals surface area contributed by atoms with E-state index in [9.17, 15) is 0 Å². The van der Waals surface area contributed by atoms with Gasteiger partial charge in [-0.05, 0) is 6.07 Å². The molecule has 1 heterocycles. The summed E-state index contributed by atoms with van der Waals surface area (Å²) in [6.07, 6.45) is 2.98. The molecule has 0 bridgehead atoms. The first-order valence-electron chi connectivity index (χ1n) is 3.20. The third-order valence-electron chi connectivity index (χ3n) is 0.983. The van der Waals surface area contributed by atoms with Crippen LogP contribution in [0.3, 0.4) is 0 Å². The maximum absolute atomic E-state index is 8.54. The molecule has 0 atom stereocenters. The molecular formula is C5H9B2NO4. The van der Waals surface area contributed by atoms with Crippen LogP contribution in [0.2, 0.25) is 0 Å². The quantitative estimate of drug-likeness (QED) is 0.336. The first-order valence-corrected chi connectivity index (χ1v) is 3.20. The third kappa shape index (κ3) is 4.86. The number of hydrogen-bond donors (Lipinski definition) is 4. The van der Waals surface area contributed by atoms with E-state index in [0.29, 0.717) is 5.46 Å². The number of hydrogen-bond acceptors (Lipinski definition) is 5. The van der Waals surface area contributed by atoms with Gasteiger partial charge in [-0.25, -0.2) is 0 Å². The summed E-state index contributed by atoms with van der Waals surface area (Å²) in [5.41, 5.74) is 0.414. The molecule has 64 valence electrons. The van der Waals surface area contributed by atoms with Crippen LogP contribution in [0.15, 0.2) is 24.5 Å². The van der Waals surface area contributed by atoms with Crippen molar-refractivity contribution in [2.45, 2.75) is 0 Å². The highest BCUT2D eigenvalue weighted by atomic mass is 16.4. The lowest BCUT2D eigenvalue weighted by Crippen LogP contribution is -2.29. The van der Waals surface area contributed by atoms with E-state index in [1.54, 1.807) is 18.3 Å². The van der Waals surface area contributed by atoms with Gasteiger partial charge in [0.05, 0.1) is 0 Å². The van der Waals surface area contributed by atoms with Crippen LogP contribution in [-0.4, -0.2) is 39.9 Å². The van der Waals surface area contributed by atoms with E-state index in [2.05, 4.69) is 4.98 Å². The van der Waals surface area contributed by atoms with Crippen molar-refractivity contribution in [1.82, 2.24) is 4.98 Å². The second-order valence-corrected chi connectivity index (χ2v) is 1.80. The van der Waals surface area contributed by atoms with Gasteiger partial charge in [0.2, 0.25) is 0 Å². The molecule has 0 saturated heterocycles. The lowest BCUT2D eigenvalue weighted by Gasteiger charge is -1.93. The lowest BCUT2D eigenvalue weighted by molar-refractivity contribution is 0.425. The van der Waals surface area contributed by atoms with Crippen molar-refractivity contribution in [1.29, 1.82) is 0 Å². The van der Waals surface area contributed by atoms with Crippen molar-refractivity contribution >= 4 is 20.3 Å². The van der Waals surface area contributed by atoms with Crippen LogP contribution in [0.5, 0.6) is 0 Å². The monoisotopic (exact) mass is 169 g/mol. The third-order valence-corrected chi connectivity index (χ3v) is 0.983. The van der Waals surface area contributed by atoms with Crippen LogP contribution in [0.25, 0.3) is 0 Å². The van der Waals surface area contributed by atoms with Gasteiger partial charge in [0.1, 0.15) is 0 Å². The Morgan fingerprint density at radius 1 is 1.33 bits per heavy atom. The summed E-state index contributed by atoms with van der Waals surface area (Å²) in [5.74, 6) is 0. The van der Waals surface area contributed by atoms with E-state index in [1.807, 2.05) is 0 Å². The molecule has 1 aromatic rings. The fourth-order valence-corrected chi connectivity index (χ4v) is 0.529. The minimum Gasteiger partial charge on any atom is -0.430 e. The number of aromatic nitrogens is 1. The summed E-state index contributed by atoms with van der Waals surface area (Å²) >= 11 is 0. The number of rotatable bonds is 1. The maximum Gasteiger partial charge on any atom is 0.490 e. The second kappa shape index (κ2) is 6.81. The Balaban J connectivity index is 0.000000354. The Kier molecular flexibility index (Phi) is 6.31. The molecule has 12 heavy (non-hydrogen) atoms. The predicted octanol–water partition coefficient (Wildman–Crippen LogP) is -3.00. The van der Waals surface area contributed by atoms with E-state index in [-0.39, 0.29) is 0 Å². The lowest BCUT2D eigenvalue weighted by atomic mass is 9.82. The van der Waals surface area contributed by atoms with Crippen molar-refractivity contribution in [3.05, 3.63) is 24.5 Å². The fraction of sp³-hybridized carbons (Fsp3) is 0. The van der Waals surface area contributed by atoms with Gasteiger partial charge in [-0.1, -0.05) is 6.07 Å². The van der Waals surface area contributed by atoms with Crippen LogP contribution in [0, 0.1) is 0 Å². The van der Waals surface area contributed by atoms with Crippen LogP contribution in [-0.2, 0) is 0 Å². The Bertz CT molecular complexity index is 196. The second-order valence-electron chi connectivity index (χ2n) is 1.80. The number of pyridine rings is 1. The Labute approximate surface area is 70.8 Å². The van der Waals surface area contributed by atoms with Gasteiger partial charge >= 0.3 is 14.8 Å². The van der Waals surface area contributed by atoms with Gasteiger partial charge in [0.25, 0.3) is 0 Å². The Morgan fingerprint density at radius 2 is 1.92 bits per heavy atom. The molecule has 0 radical (unpaired) electrons. The van der Waals surface area contributed by atoms with Gasteiger partial charge in [0.15, 0.2) is 0 Å². The van der Waals surface area contributed by atoms with Crippen LogP contribution < -0.4 is 5.46 Å². The summed E-state index contributed by atoms with van der Waals surface area (Å²) in [5, 5.41) is 31.3. The zero-order valence-electron chi connectivity index (χ0n) is 6.33. The summed E-state index contributed by atoms with van der Waals surface area (Å²) in [7, 11) is -2.15. The minimum atomic E-state index is -1.40. The van der Waals surface area contributed by atoms with Crippen LogP contribution in [0.1, 0.15) is 0 Å². The molecule has 4 N–H and O–H groups in total. The highest BCUT2D eigenvalue weighted by Crippen LogP contribution is 1.77. The summed E-state index contributed by atoms with van der Waals surface area (Å²) in [4.78, 5) is 3.69. The summed E-state index contributed by atoms with van der Waals surface area (Å²) < 4.78 is 0. The molecule has 0 spiro atoms. The van der Waals surface area contributed by atoms with Crippen LogP contribution >= 0.6 is 0 Å². The maximum atomic E-state index is 8.54. The molecule has 0 aliphatic carbocycles. The predicted molar refractivity (Wildman–Crippen MR) is 45.6 cm³/mol. The van der Waals surface area contributed by atoms with E-state index < -0.39 is 14.8 Å². The molecule has 1 rings (SSSR count). The van der Waals surface area contributed by atoms with Crippen LogP contribution in [0.4, 0.5) is 0 Å². The molecule has 0 unspecified atom stereocenters. The largest absolute Gasteiger partial charge is 0.490 e. The highest BCUT2D eigenvalue weighted by molar-refractivity contribution is 6.58. The minimum absolute atomic E-state index is 0.414. The van der Waals surface area contributed by atoms with Crippen molar-refractivity contribution in [3.63, 3.8) is 0 Å². The van der Waals surface area contributed by atoms with Gasteiger partial charge in [-0.15, -0.1) is 0 Å². The first kappa shape index (κ1) is 11.1. The summed E-state index contributed by atoms with van der Waals surface area (Å²) in [6, 6.07) is 3.24. The first-order chi connectivity index (χ1) is 5.72. The molecule has 0 aromatic carbocycles. The van der Waals surface area contributed by atoms with Crippen molar-refractivity contribution in [2.75, 3.05) is 0 Å². The van der Waals surface area contributed by atoms with Crippen molar-refractivity contribution in [2.24, 2.45) is 0 Å². The molecule has 0 aliphatic rings. The fourth-order valence-electron chi connectivity index (χ4n) is 0.529. The zero-order valence-corrected chi connectivity index (χ0v) is 6.33. The van der Waals surface area contributed by atoms with Gasteiger partial charge < -0.3 is 20.1 Å². The van der Waals surface area contributed by atoms with E-state index in [0.717, 1.165) is 0 Å². The van der Waals surface area contributed by atoms with E-state index in [1.165, 1.54) is 6.20 Å². The van der Waals surface area contributed by atoms with Gasteiger partial charge in [0, 0.05) is 17.9 Å². The van der Waals surface area contributed by atoms with E-state index >= 15 is 0 Å². The number of nitrogens with zero attached hydrogens (tertiary/aromatic N) is 1. The molecule has 0 aliphatic heterocycles. The topological polar surface area (TPSA) is 93.8 Å². The molecule has 0 saturated carbocycles. The average Bonchev–Trinajstić information content (AvgIpc) is 2.07. The Hall–Kier alpha value is -0.880. The normalized spacial score (nSPS) is 8.00. The Morgan fingerprint density at radius 3 is 2.17 bits per heavy atom. The molecule has 0 fully saturated rings. The smallest absolute Gasteiger partial charge is 0.430 e. The molecule has 1 aromatic heterocycles. The van der Waals surface area contributed by atoms with Crippen molar-refractivity contribution < 1.29 is 20.1 Å². The molecule has 7 heteroatoms. The SMILES string of the molecule is OB(O)c1cccnc1.OBO. The average molecular weight is 169 g/mol. The van der Waals surface area contributed by atoms with Gasteiger partial charge in [-0.2, -0.15) is 0 Å². The standard InChI is InChI=1S/C5H6BNO2.BH3O2/c8-6(9)5-2-1-3-7-4-5;2-1-3/h1-4,8-9H;1-3H.